The van der Waals surface area contributed by atoms with Gasteiger partial charge in [-0.15, -0.1) is 11.8 Å². The molecule has 0 heterocycles. The van der Waals surface area contributed by atoms with Crippen molar-refractivity contribution in [1.82, 2.24) is 0 Å². The molecule has 114 valence electrons. The SMILES string of the molecule is CCCCC(CC)CSC(O)C(=O)O.O=C(O)CO. The van der Waals surface area contributed by atoms with Gasteiger partial charge in [0.15, 0.2) is 5.44 Å². The molecule has 0 radical (unpaired) electrons. The fraction of sp³-hybridized carbons (Fsp3) is 0.833. The van der Waals surface area contributed by atoms with Crippen LogP contribution in [0.3, 0.4) is 0 Å². The molecule has 7 heteroatoms. The Bertz CT molecular complexity index is 246. The van der Waals surface area contributed by atoms with Crippen molar-refractivity contribution < 1.29 is 30.0 Å². The van der Waals surface area contributed by atoms with Gasteiger partial charge in [0, 0.05) is 0 Å². The summed E-state index contributed by atoms with van der Waals surface area (Å²) in [5, 5.41) is 32.5. The number of carboxylic acids is 2. The van der Waals surface area contributed by atoms with E-state index in [4.69, 9.17) is 25.2 Å². The molecule has 0 aromatic heterocycles. The van der Waals surface area contributed by atoms with Crippen LogP contribution < -0.4 is 0 Å². The van der Waals surface area contributed by atoms with E-state index in [9.17, 15) is 4.79 Å². The number of aliphatic carboxylic acids is 2. The molecule has 0 aliphatic rings. The third kappa shape index (κ3) is 15.2. The summed E-state index contributed by atoms with van der Waals surface area (Å²) in [6.07, 6.45) is 4.54. The second-order valence-corrected chi connectivity index (χ2v) is 5.11. The van der Waals surface area contributed by atoms with E-state index in [1.165, 1.54) is 12.8 Å². The molecule has 0 bridgehead atoms. The molecule has 0 saturated carbocycles. The van der Waals surface area contributed by atoms with Gasteiger partial charge < -0.3 is 20.4 Å². The molecule has 2 atom stereocenters. The lowest BCUT2D eigenvalue weighted by atomic mass is 10.0. The second kappa shape index (κ2) is 13.6. The van der Waals surface area contributed by atoms with E-state index in [1.54, 1.807) is 0 Å². The van der Waals surface area contributed by atoms with Gasteiger partial charge in [-0.25, -0.2) is 9.59 Å². The van der Waals surface area contributed by atoms with Crippen LogP contribution in [0, 0.1) is 5.92 Å². The minimum atomic E-state index is -1.26. The lowest BCUT2D eigenvalue weighted by molar-refractivity contribution is -0.142. The Morgan fingerprint density at radius 3 is 2.05 bits per heavy atom. The Balaban J connectivity index is 0. The maximum absolute atomic E-state index is 10.3. The van der Waals surface area contributed by atoms with Crippen LogP contribution in [0.25, 0.3) is 0 Å². The highest BCUT2D eigenvalue weighted by Gasteiger charge is 2.15. The van der Waals surface area contributed by atoms with Gasteiger partial charge >= 0.3 is 11.9 Å². The molecule has 0 aliphatic heterocycles. The molecule has 0 amide bonds. The molecular formula is C12H24O6S. The number of hydrogen-bond donors (Lipinski definition) is 4. The normalized spacial score (nSPS) is 13.1. The summed E-state index contributed by atoms with van der Waals surface area (Å²) in [4.78, 5) is 19.5. The average molecular weight is 296 g/mol. The van der Waals surface area contributed by atoms with Gasteiger partial charge in [-0.1, -0.05) is 33.1 Å². The summed E-state index contributed by atoms with van der Waals surface area (Å²) in [5.41, 5.74) is -1.26. The van der Waals surface area contributed by atoms with Crippen molar-refractivity contribution in [2.45, 2.75) is 45.0 Å². The predicted octanol–water partition coefficient (Wildman–Crippen LogP) is 1.40. The van der Waals surface area contributed by atoms with Crippen molar-refractivity contribution in [3.05, 3.63) is 0 Å². The van der Waals surface area contributed by atoms with E-state index < -0.39 is 24.0 Å². The highest BCUT2D eigenvalue weighted by Crippen LogP contribution is 2.20. The number of hydrogen-bond acceptors (Lipinski definition) is 5. The highest BCUT2D eigenvalue weighted by molar-refractivity contribution is 8.00. The molecule has 0 aliphatic carbocycles. The van der Waals surface area contributed by atoms with Gasteiger partial charge in [-0.3, -0.25) is 0 Å². The van der Waals surface area contributed by atoms with Crippen LogP contribution in [-0.4, -0.2) is 50.2 Å². The summed E-state index contributed by atoms with van der Waals surface area (Å²) in [7, 11) is 0. The topological polar surface area (TPSA) is 115 Å². The van der Waals surface area contributed by atoms with E-state index in [1.807, 2.05) is 0 Å². The molecule has 0 aromatic rings. The van der Waals surface area contributed by atoms with Crippen LogP contribution in [-0.2, 0) is 9.59 Å². The molecule has 2 unspecified atom stereocenters. The van der Waals surface area contributed by atoms with Crippen LogP contribution in [0.4, 0.5) is 0 Å². The molecule has 4 N–H and O–H groups in total. The largest absolute Gasteiger partial charge is 0.480 e. The van der Waals surface area contributed by atoms with Crippen LogP contribution in [0.15, 0.2) is 0 Å². The zero-order valence-electron chi connectivity index (χ0n) is 11.4. The van der Waals surface area contributed by atoms with Crippen LogP contribution in [0.2, 0.25) is 0 Å². The van der Waals surface area contributed by atoms with Crippen molar-refractivity contribution >= 4 is 23.7 Å². The predicted molar refractivity (Wildman–Crippen MR) is 74.1 cm³/mol. The summed E-state index contributed by atoms with van der Waals surface area (Å²) in [6.45, 7) is 3.47. The van der Waals surface area contributed by atoms with Crippen LogP contribution in [0.1, 0.15) is 39.5 Å². The molecular weight excluding hydrogens is 272 g/mol. The Kier molecular flexibility index (Phi) is 14.7. The number of aliphatic hydroxyl groups excluding tert-OH is 2. The smallest absolute Gasteiger partial charge is 0.343 e. The summed E-state index contributed by atoms with van der Waals surface area (Å²) in [6, 6.07) is 0. The number of unbranched alkanes of at least 4 members (excludes halogenated alkanes) is 1. The summed E-state index contributed by atoms with van der Waals surface area (Å²) >= 11 is 1.12. The first-order valence-corrected chi connectivity index (χ1v) is 7.28. The molecule has 0 aromatic carbocycles. The van der Waals surface area contributed by atoms with Crippen molar-refractivity contribution in [1.29, 1.82) is 0 Å². The minimum absolute atomic E-state index is 0.536. The fourth-order valence-electron chi connectivity index (χ4n) is 1.20. The number of carboxylic acid groups (broad SMARTS) is 2. The Labute approximate surface area is 117 Å². The molecule has 6 nitrogen and oxygen atoms in total. The first-order valence-electron chi connectivity index (χ1n) is 6.24. The number of aliphatic hydroxyl groups is 2. The summed E-state index contributed by atoms with van der Waals surface area (Å²) in [5.74, 6) is -1.05. The number of thioether (sulfide) groups is 1. The third-order valence-electron chi connectivity index (χ3n) is 2.38. The van der Waals surface area contributed by atoms with Crippen molar-refractivity contribution in [3.63, 3.8) is 0 Å². The zero-order chi connectivity index (χ0) is 15.3. The quantitative estimate of drug-likeness (QED) is 0.475. The van der Waals surface area contributed by atoms with Gasteiger partial charge in [0.05, 0.1) is 0 Å². The monoisotopic (exact) mass is 296 g/mol. The number of carbonyl (C=O) groups is 2. The first kappa shape index (κ1) is 20.5. The maximum atomic E-state index is 10.3. The zero-order valence-corrected chi connectivity index (χ0v) is 12.2. The second-order valence-electron chi connectivity index (χ2n) is 3.99. The van der Waals surface area contributed by atoms with E-state index in [-0.39, 0.29) is 0 Å². The van der Waals surface area contributed by atoms with Crippen molar-refractivity contribution in [2.75, 3.05) is 12.4 Å². The Morgan fingerprint density at radius 1 is 1.21 bits per heavy atom. The molecule has 0 saturated heterocycles. The first-order chi connectivity index (χ1) is 8.88. The van der Waals surface area contributed by atoms with E-state index in [2.05, 4.69) is 13.8 Å². The molecule has 0 spiro atoms. The lowest BCUT2D eigenvalue weighted by Gasteiger charge is -2.14. The van der Waals surface area contributed by atoms with Crippen molar-refractivity contribution in [3.8, 4) is 0 Å². The van der Waals surface area contributed by atoms with Gasteiger partial charge in [-0.05, 0) is 18.1 Å². The molecule has 19 heavy (non-hydrogen) atoms. The Morgan fingerprint density at radius 2 is 1.74 bits per heavy atom. The summed E-state index contributed by atoms with van der Waals surface area (Å²) < 4.78 is 0. The number of rotatable bonds is 9. The fourth-order valence-corrected chi connectivity index (χ4v) is 2.20. The van der Waals surface area contributed by atoms with Crippen LogP contribution >= 0.6 is 11.8 Å². The van der Waals surface area contributed by atoms with Crippen LogP contribution in [0.5, 0.6) is 0 Å². The minimum Gasteiger partial charge on any atom is -0.480 e. The lowest BCUT2D eigenvalue weighted by Crippen LogP contribution is -2.17. The van der Waals surface area contributed by atoms with E-state index in [0.717, 1.165) is 30.4 Å². The average Bonchev–Trinajstić information content (AvgIpc) is 2.39. The highest BCUT2D eigenvalue weighted by atomic mass is 32.2. The standard InChI is InChI=1S/C10H20O3S.C2H4O3/c1-3-5-6-8(4-2)7-14-10(13)9(11)12;3-1-2(4)5/h8,10,13H,3-7H2,1-2H3,(H,11,12);3H,1H2,(H,4,5). The van der Waals surface area contributed by atoms with E-state index >= 15 is 0 Å². The van der Waals surface area contributed by atoms with Gasteiger partial charge in [0.1, 0.15) is 6.61 Å². The van der Waals surface area contributed by atoms with Gasteiger partial charge in [-0.2, -0.15) is 0 Å². The maximum Gasteiger partial charge on any atom is 0.343 e. The van der Waals surface area contributed by atoms with Gasteiger partial charge in [0.2, 0.25) is 0 Å². The van der Waals surface area contributed by atoms with Gasteiger partial charge in [0.25, 0.3) is 0 Å². The van der Waals surface area contributed by atoms with E-state index in [0.29, 0.717) is 5.92 Å². The Hall–Kier alpha value is -0.790. The molecule has 0 rings (SSSR count). The molecule has 0 fully saturated rings. The third-order valence-corrected chi connectivity index (χ3v) is 3.56. The van der Waals surface area contributed by atoms with Crippen molar-refractivity contribution in [2.24, 2.45) is 5.92 Å².